The molecule has 8 heteroatoms. The van der Waals surface area contributed by atoms with Crippen LogP contribution in [-0.2, 0) is 19.1 Å². The van der Waals surface area contributed by atoms with E-state index < -0.39 is 35.1 Å². The highest BCUT2D eigenvalue weighted by atomic mass is 16.5. The molecule has 8 nitrogen and oxygen atoms in total. The molecule has 0 aromatic carbocycles. The summed E-state index contributed by atoms with van der Waals surface area (Å²) in [5.74, 6) is -2.01. The number of hydrogen-bond acceptors (Lipinski definition) is 5. The Morgan fingerprint density at radius 3 is 2.41 bits per heavy atom. The van der Waals surface area contributed by atoms with E-state index >= 15 is 0 Å². The highest BCUT2D eigenvalue weighted by Crippen LogP contribution is 2.64. The number of amides is 3. The monoisotopic (exact) mass is 451 g/mol. The van der Waals surface area contributed by atoms with Gasteiger partial charge in [-0.1, -0.05) is 34.1 Å². The summed E-state index contributed by atoms with van der Waals surface area (Å²) >= 11 is 0. The second-order valence-corrected chi connectivity index (χ2v) is 10.2. The molecule has 3 saturated heterocycles. The zero-order valence-corrected chi connectivity index (χ0v) is 20.4. The molecule has 0 aromatic heterocycles. The van der Waals surface area contributed by atoms with E-state index in [1.165, 1.54) is 0 Å². The van der Waals surface area contributed by atoms with Crippen molar-refractivity contribution >= 4 is 17.7 Å². The molecule has 3 fully saturated rings. The number of carbonyl (C=O) groups excluding carboxylic acids is 3. The van der Waals surface area contributed by atoms with Gasteiger partial charge in [-0.25, -0.2) is 0 Å². The molecular formula is C24H41N3O5. The van der Waals surface area contributed by atoms with Gasteiger partial charge in [0.15, 0.2) is 0 Å². The summed E-state index contributed by atoms with van der Waals surface area (Å²) in [6.07, 6.45) is 3.36. The lowest BCUT2D eigenvalue weighted by Crippen LogP contribution is -2.59. The third-order valence-corrected chi connectivity index (χ3v) is 7.97. The van der Waals surface area contributed by atoms with Gasteiger partial charge >= 0.3 is 0 Å². The minimum Gasteiger partial charge on any atom is -0.394 e. The molecule has 0 saturated carbocycles. The predicted octanol–water partition coefficient (Wildman–Crippen LogP) is 1.60. The molecule has 2 unspecified atom stereocenters. The molecule has 3 aliphatic rings. The van der Waals surface area contributed by atoms with Gasteiger partial charge in [-0.3, -0.25) is 14.4 Å². The molecule has 0 aliphatic carbocycles. The van der Waals surface area contributed by atoms with Gasteiger partial charge in [0.2, 0.25) is 17.7 Å². The minimum absolute atomic E-state index is 0.00164. The highest BCUT2D eigenvalue weighted by molar-refractivity contribution is 5.99. The molecule has 3 aliphatic heterocycles. The van der Waals surface area contributed by atoms with Gasteiger partial charge in [-0.2, -0.15) is 0 Å². The summed E-state index contributed by atoms with van der Waals surface area (Å²) in [6.45, 7) is 12.0. The van der Waals surface area contributed by atoms with Crippen molar-refractivity contribution in [3.63, 3.8) is 0 Å². The lowest BCUT2D eigenvalue weighted by Gasteiger charge is -2.39. The van der Waals surface area contributed by atoms with Crippen molar-refractivity contribution in [3.8, 4) is 0 Å². The number of nitrogens with one attached hydrogen (secondary N) is 2. The molecule has 182 valence electrons. The maximum absolute atomic E-state index is 14.0. The van der Waals surface area contributed by atoms with Crippen LogP contribution in [0.25, 0.3) is 0 Å². The number of rotatable bonds is 10. The van der Waals surface area contributed by atoms with Crippen molar-refractivity contribution in [1.29, 1.82) is 0 Å². The summed E-state index contributed by atoms with van der Waals surface area (Å²) in [7, 11) is 0. The van der Waals surface area contributed by atoms with Crippen molar-refractivity contribution < 1.29 is 24.2 Å². The second-order valence-electron chi connectivity index (χ2n) is 10.2. The molecule has 3 heterocycles. The molecule has 32 heavy (non-hydrogen) atoms. The van der Waals surface area contributed by atoms with Gasteiger partial charge in [0, 0.05) is 12.6 Å². The number of ether oxygens (including phenoxy) is 1. The summed E-state index contributed by atoms with van der Waals surface area (Å²) in [4.78, 5) is 42.4. The molecule has 0 aromatic rings. The van der Waals surface area contributed by atoms with Crippen molar-refractivity contribution in [2.24, 2.45) is 17.8 Å². The molecule has 3 rings (SSSR count). The van der Waals surface area contributed by atoms with Gasteiger partial charge in [-0.15, -0.1) is 0 Å². The molecule has 3 N–H and O–H groups in total. The predicted molar refractivity (Wildman–Crippen MR) is 121 cm³/mol. The Balaban J connectivity index is 2.11. The fourth-order valence-electron chi connectivity index (χ4n) is 6.25. The zero-order chi connectivity index (χ0) is 23.8. The van der Waals surface area contributed by atoms with E-state index in [4.69, 9.17) is 4.74 Å². The van der Waals surface area contributed by atoms with Crippen LogP contribution in [0.2, 0.25) is 0 Å². The van der Waals surface area contributed by atoms with Gasteiger partial charge < -0.3 is 25.4 Å². The van der Waals surface area contributed by atoms with E-state index in [1.807, 2.05) is 41.5 Å². The molecule has 2 bridgehead atoms. The zero-order valence-electron chi connectivity index (χ0n) is 20.4. The third-order valence-electron chi connectivity index (χ3n) is 7.97. The van der Waals surface area contributed by atoms with E-state index in [0.29, 0.717) is 25.8 Å². The van der Waals surface area contributed by atoms with E-state index in [-0.39, 0.29) is 36.3 Å². The van der Waals surface area contributed by atoms with Crippen LogP contribution in [-0.4, -0.2) is 70.2 Å². The van der Waals surface area contributed by atoms with Crippen molar-refractivity contribution in [2.75, 3.05) is 13.2 Å². The Bertz CT molecular complexity index is 743. The van der Waals surface area contributed by atoms with Crippen LogP contribution >= 0.6 is 0 Å². The van der Waals surface area contributed by atoms with Gasteiger partial charge in [0.05, 0.1) is 30.1 Å². The second kappa shape index (κ2) is 9.29. The average molecular weight is 452 g/mol. The summed E-state index contributed by atoms with van der Waals surface area (Å²) in [5, 5.41) is 16.2. The van der Waals surface area contributed by atoms with Crippen molar-refractivity contribution in [1.82, 2.24) is 15.5 Å². The maximum Gasteiger partial charge on any atom is 0.246 e. The first-order valence-electron chi connectivity index (χ1n) is 12.3. The lowest BCUT2D eigenvalue weighted by atomic mass is 9.65. The fourth-order valence-corrected chi connectivity index (χ4v) is 6.25. The first kappa shape index (κ1) is 25.0. The Kier molecular flexibility index (Phi) is 7.25. The number of likely N-dealkylation sites (tertiary alicyclic amines) is 1. The Morgan fingerprint density at radius 2 is 1.88 bits per heavy atom. The fraction of sp³-hybridized carbons (Fsp3) is 0.875. The van der Waals surface area contributed by atoms with Crippen molar-refractivity contribution in [3.05, 3.63) is 0 Å². The van der Waals surface area contributed by atoms with Crippen LogP contribution < -0.4 is 10.6 Å². The number of fused-ring (bicyclic) bond motifs is 1. The number of nitrogens with zero attached hydrogens (tertiary/aromatic N) is 1. The lowest BCUT2D eigenvalue weighted by molar-refractivity contribution is -0.152. The highest BCUT2D eigenvalue weighted by Gasteiger charge is 2.79. The van der Waals surface area contributed by atoms with Crippen LogP contribution in [0.15, 0.2) is 0 Å². The number of carbonyl (C=O) groups is 3. The minimum atomic E-state index is -1.04. The van der Waals surface area contributed by atoms with Crippen LogP contribution in [0.3, 0.4) is 0 Å². The summed E-state index contributed by atoms with van der Waals surface area (Å²) < 4.78 is 6.69. The largest absolute Gasteiger partial charge is 0.394 e. The average Bonchev–Trinajstić information content (AvgIpc) is 3.36. The summed E-state index contributed by atoms with van der Waals surface area (Å²) in [5.41, 5.74) is -1.77. The number of hydrogen-bond donors (Lipinski definition) is 3. The smallest absolute Gasteiger partial charge is 0.246 e. The topological polar surface area (TPSA) is 108 Å². The summed E-state index contributed by atoms with van der Waals surface area (Å²) in [6, 6.07) is -1.46. The number of aliphatic hydroxyl groups is 1. The molecule has 1 spiro atoms. The van der Waals surface area contributed by atoms with E-state index in [9.17, 15) is 19.5 Å². The van der Waals surface area contributed by atoms with E-state index in [1.54, 1.807) is 4.90 Å². The van der Waals surface area contributed by atoms with Crippen LogP contribution in [0.1, 0.15) is 73.6 Å². The van der Waals surface area contributed by atoms with E-state index in [2.05, 4.69) is 10.6 Å². The van der Waals surface area contributed by atoms with Crippen LogP contribution in [0.4, 0.5) is 0 Å². The number of aliphatic hydroxyl groups excluding tert-OH is 1. The normalized spacial score (nSPS) is 35.2. The quantitative estimate of drug-likeness (QED) is 0.468. The first-order valence-corrected chi connectivity index (χ1v) is 12.3. The Labute approximate surface area is 191 Å². The van der Waals surface area contributed by atoms with Gasteiger partial charge in [-0.05, 0) is 45.4 Å². The third kappa shape index (κ3) is 3.63. The van der Waals surface area contributed by atoms with Crippen LogP contribution in [0, 0.1) is 17.8 Å². The molecular weight excluding hydrogens is 410 g/mol. The first-order chi connectivity index (χ1) is 15.1. The van der Waals surface area contributed by atoms with Crippen molar-refractivity contribution in [2.45, 2.75) is 103 Å². The Morgan fingerprint density at radius 1 is 1.19 bits per heavy atom. The Hall–Kier alpha value is -1.67. The van der Waals surface area contributed by atoms with E-state index in [0.717, 1.165) is 12.8 Å². The SMILES string of the molecule is CCCNC(=O)[C@@H]1[C@H]2C(=O)N([C@@H](CO)[C@@H](C)CC)C(C(=O)NC(C)C)C23CC[C@@]1(CC)O3. The van der Waals surface area contributed by atoms with Gasteiger partial charge in [0.25, 0.3) is 0 Å². The molecule has 7 atom stereocenters. The standard InChI is InChI=1S/C24H41N3O5/c1-7-12-25-20(29)17-18-22(31)27(16(13-28)15(6)8-2)19(21(30)26-14(4)5)24(18)11-10-23(17,9-3)32-24/h14-19,28H,7-13H2,1-6H3,(H,25,29)(H,26,30)/t15-,16-,17-,18-,19?,23+,24?/m0/s1. The maximum atomic E-state index is 14.0. The molecule has 0 radical (unpaired) electrons. The van der Waals surface area contributed by atoms with Crippen LogP contribution in [0.5, 0.6) is 0 Å². The van der Waals surface area contributed by atoms with Gasteiger partial charge in [0.1, 0.15) is 11.6 Å². The molecule has 3 amide bonds.